The van der Waals surface area contributed by atoms with Crippen molar-refractivity contribution < 1.29 is 0 Å². The van der Waals surface area contributed by atoms with Gasteiger partial charge >= 0.3 is 0 Å². The zero-order valence-electron chi connectivity index (χ0n) is 10.6. The van der Waals surface area contributed by atoms with Gasteiger partial charge in [-0.25, -0.2) is 15.8 Å². The Morgan fingerprint density at radius 3 is 2.50 bits per heavy atom. The van der Waals surface area contributed by atoms with Crippen molar-refractivity contribution in [2.24, 2.45) is 5.84 Å². The molecular formula is C13H15ClN4. The van der Waals surface area contributed by atoms with Crippen LogP contribution >= 0.6 is 11.6 Å². The topological polar surface area (TPSA) is 63.8 Å². The van der Waals surface area contributed by atoms with Gasteiger partial charge in [-0.05, 0) is 32.4 Å². The Kier molecular flexibility index (Phi) is 3.50. The Labute approximate surface area is 111 Å². The van der Waals surface area contributed by atoms with Gasteiger partial charge in [0.05, 0.1) is 0 Å². The van der Waals surface area contributed by atoms with E-state index in [0.29, 0.717) is 16.7 Å². The SMILES string of the molecule is Cc1ccc(-c2nc(C)c(C)c(NN)n2)cc1Cl. The van der Waals surface area contributed by atoms with E-state index in [4.69, 9.17) is 17.4 Å². The molecule has 2 aromatic rings. The highest BCUT2D eigenvalue weighted by Gasteiger charge is 2.09. The van der Waals surface area contributed by atoms with Gasteiger partial charge in [0.2, 0.25) is 0 Å². The third-order valence-corrected chi connectivity index (χ3v) is 3.36. The molecule has 18 heavy (non-hydrogen) atoms. The van der Waals surface area contributed by atoms with E-state index in [1.807, 2.05) is 39.0 Å². The molecule has 0 saturated heterocycles. The first-order chi connectivity index (χ1) is 8.52. The summed E-state index contributed by atoms with van der Waals surface area (Å²) >= 11 is 6.11. The molecule has 0 radical (unpaired) electrons. The van der Waals surface area contributed by atoms with Crippen LogP contribution in [0.5, 0.6) is 0 Å². The summed E-state index contributed by atoms with van der Waals surface area (Å²) in [5.41, 5.74) is 6.33. The first kappa shape index (κ1) is 12.8. The van der Waals surface area contributed by atoms with E-state index in [9.17, 15) is 0 Å². The molecule has 4 nitrogen and oxygen atoms in total. The second kappa shape index (κ2) is 4.92. The molecule has 1 heterocycles. The molecule has 0 unspecified atom stereocenters. The molecule has 3 N–H and O–H groups in total. The van der Waals surface area contributed by atoms with Crippen molar-refractivity contribution in [3.05, 3.63) is 40.0 Å². The minimum absolute atomic E-state index is 0.618. The average Bonchev–Trinajstić information content (AvgIpc) is 2.36. The average molecular weight is 263 g/mol. The van der Waals surface area contributed by atoms with Gasteiger partial charge in [0.25, 0.3) is 0 Å². The Balaban J connectivity index is 2.57. The molecule has 0 atom stereocenters. The first-order valence-corrected chi connectivity index (χ1v) is 5.99. The molecule has 5 heteroatoms. The number of hydrogen-bond acceptors (Lipinski definition) is 4. The first-order valence-electron chi connectivity index (χ1n) is 5.61. The fourth-order valence-corrected chi connectivity index (χ4v) is 1.81. The number of aryl methyl sites for hydroxylation is 2. The molecular weight excluding hydrogens is 248 g/mol. The predicted molar refractivity (Wildman–Crippen MR) is 74.5 cm³/mol. The van der Waals surface area contributed by atoms with Crippen molar-refractivity contribution in [2.75, 3.05) is 5.43 Å². The van der Waals surface area contributed by atoms with Crippen LogP contribution in [0, 0.1) is 20.8 Å². The maximum absolute atomic E-state index is 6.11. The molecule has 0 aliphatic carbocycles. The van der Waals surface area contributed by atoms with Gasteiger partial charge in [-0.3, -0.25) is 0 Å². The number of hydrazine groups is 1. The molecule has 2 rings (SSSR count). The molecule has 0 bridgehead atoms. The van der Waals surface area contributed by atoms with E-state index in [1.54, 1.807) is 0 Å². The van der Waals surface area contributed by atoms with Crippen molar-refractivity contribution in [1.29, 1.82) is 0 Å². The molecule has 1 aromatic heterocycles. The summed E-state index contributed by atoms with van der Waals surface area (Å²) in [6.07, 6.45) is 0. The molecule has 0 spiro atoms. The lowest BCUT2D eigenvalue weighted by Crippen LogP contribution is -2.12. The number of benzene rings is 1. The summed E-state index contributed by atoms with van der Waals surface area (Å²) in [6, 6.07) is 5.76. The Hall–Kier alpha value is -1.65. The lowest BCUT2D eigenvalue weighted by atomic mass is 10.1. The van der Waals surface area contributed by atoms with Crippen LogP contribution in [0.2, 0.25) is 5.02 Å². The lowest BCUT2D eigenvalue weighted by Gasteiger charge is -2.10. The number of nitrogen functional groups attached to an aromatic ring is 1. The third-order valence-electron chi connectivity index (χ3n) is 2.96. The van der Waals surface area contributed by atoms with Crippen molar-refractivity contribution in [2.45, 2.75) is 20.8 Å². The zero-order chi connectivity index (χ0) is 13.3. The summed E-state index contributed by atoms with van der Waals surface area (Å²) in [4.78, 5) is 8.84. The number of hydrogen-bond donors (Lipinski definition) is 2. The Morgan fingerprint density at radius 1 is 1.17 bits per heavy atom. The summed E-state index contributed by atoms with van der Waals surface area (Å²) in [5, 5.41) is 0.705. The van der Waals surface area contributed by atoms with Gasteiger partial charge in [-0.2, -0.15) is 0 Å². The van der Waals surface area contributed by atoms with Crippen molar-refractivity contribution in [3.63, 3.8) is 0 Å². The molecule has 0 aliphatic rings. The monoisotopic (exact) mass is 262 g/mol. The van der Waals surface area contributed by atoms with E-state index in [-0.39, 0.29) is 0 Å². The second-order valence-electron chi connectivity index (χ2n) is 4.21. The summed E-state index contributed by atoms with van der Waals surface area (Å²) < 4.78 is 0. The van der Waals surface area contributed by atoms with Crippen LogP contribution in [0.3, 0.4) is 0 Å². The van der Waals surface area contributed by atoms with Gasteiger partial charge in [0, 0.05) is 21.8 Å². The molecule has 0 amide bonds. The number of nitrogens with two attached hydrogens (primary N) is 1. The summed E-state index contributed by atoms with van der Waals surface area (Å²) in [7, 11) is 0. The minimum Gasteiger partial charge on any atom is -0.308 e. The number of anilines is 1. The molecule has 1 aromatic carbocycles. The molecule has 0 fully saturated rings. The Morgan fingerprint density at radius 2 is 1.89 bits per heavy atom. The van der Waals surface area contributed by atoms with Gasteiger partial charge in [-0.15, -0.1) is 0 Å². The highest BCUT2D eigenvalue weighted by atomic mass is 35.5. The van der Waals surface area contributed by atoms with Gasteiger partial charge < -0.3 is 5.43 Å². The normalized spacial score (nSPS) is 10.5. The fraction of sp³-hybridized carbons (Fsp3) is 0.231. The standard InChI is InChI=1S/C13H15ClN4/c1-7-4-5-10(6-11(7)14)13-16-9(3)8(2)12(17-13)18-15/h4-6H,15H2,1-3H3,(H,16,17,18). The highest BCUT2D eigenvalue weighted by Crippen LogP contribution is 2.25. The maximum atomic E-state index is 6.11. The van der Waals surface area contributed by atoms with Crippen LogP contribution in [0.4, 0.5) is 5.82 Å². The third kappa shape index (κ3) is 2.30. The zero-order valence-corrected chi connectivity index (χ0v) is 11.3. The number of rotatable bonds is 2. The van der Waals surface area contributed by atoms with Crippen LogP contribution in [0.15, 0.2) is 18.2 Å². The largest absolute Gasteiger partial charge is 0.308 e. The van der Waals surface area contributed by atoms with Crippen LogP contribution in [0.25, 0.3) is 11.4 Å². The quantitative estimate of drug-likeness (QED) is 0.645. The number of nitrogens with one attached hydrogen (secondary N) is 1. The van der Waals surface area contributed by atoms with Gasteiger partial charge in [-0.1, -0.05) is 23.7 Å². The molecule has 94 valence electrons. The van der Waals surface area contributed by atoms with Crippen molar-refractivity contribution in [1.82, 2.24) is 9.97 Å². The maximum Gasteiger partial charge on any atom is 0.161 e. The minimum atomic E-state index is 0.618. The number of nitrogens with zero attached hydrogens (tertiary/aromatic N) is 2. The molecule has 0 saturated carbocycles. The number of aromatic nitrogens is 2. The summed E-state index contributed by atoms with van der Waals surface area (Å²) in [5.74, 6) is 6.71. The number of halogens is 1. The van der Waals surface area contributed by atoms with Gasteiger partial charge in [0.15, 0.2) is 5.82 Å². The van der Waals surface area contributed by atoms with Crippen molar-refractivity contribution >= 4 is 17.4 Å². The van der Waals surface area contributed by atoms with E-state index >= 15 is 0 Å². The van der Waals surface area contributed by atoms with E-state index < -0.39 is 0 Å². The van der Waals surface area contributed by atoms with Gasteiger partial charge in [0.1, 0.15) is 5.82 Å². The van der Waals surface area contributed by atoms with E-state index in [1.165, 1.54) is 0 Å². The molecule has 0 aliphatic heterocycles. The van der Waals surface area contributed by atoms with Crippen LogP contribution < -0.4 is 11.3 Å². The Bertz CT molecular complexity index is 596. The second-order valence-corrected chi connectivity index (χ2v) is 4.62. The predicted octanol–water partition coefficient (Wildman–Crippen LogP) is 3.01. The highest BCUT2D eigenvalue weighted by molar-refractivity contribution is 6.31. The lowest BCUT2D eigenvalue weighted by molar-refractivity contribution is 1.06. The van der Waals surface area contributed by atoms with E-state index in [2.05, 4.69) is 15.4 Å². The summed E-state index contributed by atoms with van der Waals surface area (Å²) in [6.45, 7) is 5.81. The van der Waals surface area contributed by atoms with Crippen LogP contribution in [-0.2, 0) is 0 Å². The smallest absolute Gasteiger partial charge is 0.161 e. The van der Waals surface area contributed by atoms with Crippen LogP contribution in [0.1, 0.15) is 16.8 Å². The van der Waals surface area contributed by atoms with Crippen molar-refractivity contribution in [3.8, 4) is 11.4 Å². The fourth-order valence-electron chi connectivity index (χ4n) is 1.63. The van der Waals surface area contributed by atoms with Crippen LogP contribution in [-0.4, -0.2) is 9.97 Å². The van der Waals surface area contributed by atoms with E-state index in [0.717, 1.165) is 22.4 Å².